The predicted octanol–water partition coefficient (Wildman–Crippen LogP) is 1.71. The highest BCUT2D eigenvalue weighted by molar-refractivity contribution is 5.87. The molecule has 1 aliphatic heterocycles. The van der Waals surface area contributed by atoms with Crippen molar-refractivity contribution in [3.63, 3.8) is 0 Å². The molecule has 0 aliphatic carbocycles. The van der Waals surface area contributed by atoms with Crippen LogP contribution < -0.4 is 0 Å². The van der Waals surface area contributed by atoms with Crippen molar-refractivity contribution in [1.82, 2.24) is 4.90 Å². The maximum absolute atomic E-state index is 13.4. The highest BCUT2D eigenvalue weighted by Crippen LogP contribution is 2.28. The van der Waals surface area contributed by atoms with Crippen molar-refractivity contribution in [1.29, 1.82) is 0 Å². The summed E-state index contributed by atoms with van der Waals surface area (Å²) in [5, 5.41) is 9.22. The molecule has 0 aromatic heterocycles. The molecule has 21 heavy (non-hydrogen) atoms. The van der Waals surface area contributed by atoms with Crippen LogP contribution in [0, 0.1) is 5.82 Å². The fourth-order valence-corrected chi connectivity index (χ4v) is 2.57. The van der Waals surface area contributed by atoms with Crippen LogP contribution >= 0.6 is 0 Å². The Morgan fingerprint density at radius 2 is 2.24 bits per heavy atom. The van der Waals surface area contributed by atoms with Gasteiger partial charge in [0.25, 0.3) is 0 Å². The standard InChI is InChI=1S/C16H22FNO3/c1-11-10-21-14(9-19)8-18(11)15(20)16(2,3)12-5-4-6-13(17)7-12/h4-7,11,14,19H,8-10H2,1-3H3. The van der Waals surface area contributed by atoms with Gasteiger partial charge < -0.3 is 14.7 Å². The number of benzene rings is 1. The van der Waals surface area contributed by atoms with E-state index in [9.17, 15) is 14.3 Å². The summed E-state index contributed by atoms with van der Waals surface area (Å²) in [6.45, 7) is 6.13. The molecule has 1 fully saturated rings. The molecule has 0 radical (unpaired) electrons. The highest BCUT2D eigenvalue weighted by Gasteiger charge is 2.38. The van der Waals surface area contributed by atoms with Gasteiger partial charge in [-0.15, -0.1) is 0 Å². The zero-order valence-electron chi connectivity index (χ0n) is 12.7. The molecule has 0 spiro atoms. The summed E-state index contributed by atoms with van der Waals surface area (Å²) in [5.41, 5.74) is -0.181. The summed E-state index contributed by atoms with van der Waals surface area (Å²) in [6, 6.07) is 6.07. The van der Waals surface area contributed by atoms with Crippen LogP contribution in [0.25, 0.3) is 0 Å². The van der Waals surface area contributed by atoms with Crippen molar-refractivity contribution in [2.45, 2.75) is 38.3 Å². The monoisotopic (exact) mass is 295 g/mol. The number of morpholine rings is 1. The molecule has 2 atom stereocenters. The molecule has 4 nitrogen and oxygen atoms in total. The second-order valence-electron chi connectivity index (χ2n) is 6.08. The highest BCUT2D eigenvalue weighted by atomic mass is 19.1. The molecule has 2 unspecified atom stereocenters. The van der Waals surface area contributed by atoms with Crippen molar-refractivity contribution < 1.29 is 19.0 Å². The lowest BCUT2D eigenvalue weighted by molar-refractivity contribution is -0.151. The van der Waals surface area contributed by atoms with Crippen molar-refractivity contribution in [3.8, 4) is 0 Å². The van der Waals surface area contributed by atoms with Gasteiger partial charge in [-0.2, -0.15) is 0 Å². The first-order valence-electron chi connectivity index (χ1n) is 7.16. The van der Waals surface area contributed by atoms with E-state index in [0.29, 0.717) is 18.7 Å². The maximum Gasteiger partial charge on any atom is 0.233 e. The van der Waals surface area contributed by atoms with Crippen LogP contribution in [0.4, 0.5) is 4.39 Å². The smallest absolute Gasteiger partial charge is 0.233 e. The van der Waals surface area contributed by atoms with Gasteiger partial charge in [0.1, 0.15) is 5.82 Å². The molecule has 2 rings (SSSR count). The van der Waals surface area contributed by atoms with Gasteiger partial charge in [0.05, 0.1) is 30.8 Å². The molecule has 1 N–H and O–H groups in total. The van der Waals surface area contributed by atoms with E-state index in [1.54, 1.807) is 30.9 Å². The van der Waals surface area contributed by atoms with E-state index in [1.807, 2.05) is 6.92 Å². The maximum atomic E-state index is 13.4. The number of rotatable bonds is 3. The second-order valence-corrected chi connectivity index (χ2v) is 6.08. The summed E-state index contributed by atoms with van der Waals surface area (Å²) in [5.74, 6) is -0.431. The van der Waals surface area contributed by atoms with E-state index in [2.05, 4.69) is 0 Å². The Kier molecular flexibility index (Phi) is 4.64. The normalized spacial score (nSPS) is 23.2. The van der Waals surface area contributed by atoms with Crippen LogP contribution in [0.2, 0.25) is 0 Å². The van der Waals surface area contributed by atoms with Crippen LogP contribution in [-0.2, 0) is 14.9 Å². The molecule has 1 aromatic rings. The number of carbonyl (C=O) groups excluding carboxylic acids is 1. The van der Waals surface area contributed by atoms with Gasteiger partial charge in [0.2, 0.25) is 5.91 Å². The second kappa shape index (κ2) is 6.12. The minimum Gasteiger partial charge on any atom is -0.394 e. The quantitative estimate of drug-likeness (QED) is 0.923. The van der Waals surface area contributed by atoms with Crippen LogP contribution in [0.5, 0.6) is 0 Å². The van der Waals surface area contributed by atoms with E-state index >= 15 is 0 Å². The van der Waals surface area contributed by atoms with Gasteiger partial charge in [0.15, 0.2) is 0 Å². The third kappa shape index (κ3) is 3.24. The Balaban J connectivity index is 2.24. The van der Waals surface area contributed by atoms with Crippen molar-refractivity contribution >= 4 is 5.91 Å². The van der Waals surface area contributed by atoms with E-state index in [-0.39, 0.29) is 30.5 Å². The predicted molar refractivity (Wildman–Crippen MR) is 77.4 cm³/mol. The van der Waals surface area contributed by atoms with Crippen molar-refractivity contribution in [2.24, 2.45) is 0 Å². The first-order chi connectivity index (χ1) is 9.86. The molecule has 5 heteroatoms. The molecule has 1 aromatic carbocycles. The molecule has 1 heterocycles. The van der Waals surface area contributed by atoms with Crippen LogP contribution in [0.15, 0.2) is 24.3 Å². The van der Waals surface area contributed by atoms with Crippen LogP contribution in [0.1, 0.15) is 26.3 Å². The molecule has 1 aliphatic rings. The summed E-state index contributed by atoms with van der Waals surface area (Å²) in [6.07, 6.45) is -0.353. The first-order valence-corrected chi connectivity index (χ1v) is 7.16. The molecule has 116 valence electrons. The van der Waals surface area contributed by atoms with Gasteiger partial charge >= 0.3 is 0 Å². The molecule has 1 amide bonds. The van der Waals surface area contributed by atoms with Crippen molar-refractivity contribution in [2.75, 3.05) is 19.8 Å². The average molecular weight is 295 g/mol. The molecular formula is C16H22FNO3. The van der Waals surface area contributed by atoms with Crippen molar-refractivity contribution in [3.05, 3.63) is 35.6 Å². The number of nitrogens with zero attached hydrogens (tertiary/aromatic N) is 1. The van der Waals surface area contributed by atoms with Gasteiger partial charge in [-0.05, 0) is 38.5 Å². The Morgan fingerprint density at radius 1 is 1.52 bits per heavy atom. The lowest BCUT2D eigenvalue weighted by Gasteiger charge is -2.41. The Labute approximate surface area is 124 Å². The van der Waals surface area contributed by atoms with Gasteiger partial charge in [-0.25, -0.2) is 4.39 Å². The van der Waals surface area contributed by atoms with Gasteiger partial charge in [0, 0.05) is 6.54 Å². The first kappa shape index (κ1) is 15.9. The Bertz CT molecular complexity index is 518. The zero-order valence-corrected chi connectivity index (χ0v) is 12.7. The fourth-order valence-electron chi connectivity index (χ4n) is 2.57. The minimum atomic E-state index is -0.826. The lowest BCUT2D eigenvalue weighted by Crippen LogP contribution is -2.56. The number of halogens is 1. The van der Waals surface area contributed by atoms with Crippen LogP contribution in [0.3, 0.4) is 0 Å². The number of amides is 1. The topological polar surface area (TPSA) is 49.8 Å². The van der Waals surface area contributed by atoms with E-state index < -0.39 is 5.41 Å². The minimum absolute atomic E-state index is 0.0619. The SMILES string of the molecule is CC1COC(CO)CN1C(=O)C(C)(C)c1cccc(F)c1. The van der Waals surface area contributed by atoms with E-state index in [1.165, 1.54) is 12.1 Å². The van der Waals surface area contributed by atoms with E-state index in [4.69, 9.17) is 4.74 Å². The summed E-state index contributed by atoms with van der Waals surface area (Å²) in [7, 11) is 0. The number of carbonyl (C=O) groups is 1. The number of aliphatic hydroxyl groups is 1. The van der Waals surface area contributed by atoms with Gasteiger partial charge in [-0.1, -0.05) is 12.1 Å². The zero-order chi connectivity index (χ0) is 15.6. The average Bonchev–Trinajstić information content (AvgIpc) is 2.47. The largest absolute Gasteiger partial charge is 0.394 e. The third-order valence-electron chi connectivity index (χ3n) is 4.05. The summed E-state index contributed by atoms with van der Waals surface area (Å²) < 4.78 is 18.9. The van der Waals surface area contributed by atoms with Crippen LogP contribution in [-0.4, -0.2) is 47.8 Å². The summed E-state index contributed by atoms with van der Waals surface area (Å²) >= 11 is 0. The van der Waals surface area contributed by atoms with Gasteiger partial charge in [-0.3, -0.25) is 4.79 Å². The summed E-state index contributed by atoms with van der Waals surface area (Å²) in [4.78, 5) is 14.6. The molecule has 0 saturated carbocycles. The number of ether oxygens (including phenoxy) is 1. The fraction of sp³-hybridized carbons (Fsp3) is 0.562. The molecule has 0 bridgehead atoms. The Hall–Kier alpha value is -1.46. The molecule has 1 saturated heterocycles. The third-order valence-corrected chi connectivity index (χ3v) is 4.05. The molecular weight excluding hydrogens is 273 g/mol. The Morgan fingerprint density at radius 3 is 2.86 bits per heavy atom. The number of hydrogen-bond acceptors (Lipinski definition) is 3. The van der Waals surface area contributed by atoms with E-state index in [0.717, 1.165) is 0 Å². The number of aliphatic hydroxyl groups excluding tert-OH is 1. The lowest BCUT2D eigenvalue weighted by atomic mass is 9.82. The number of hydrogen-bond donors (Lipinski definition) is 1.